The van der Waals surface area contributed by atoms with Crippen molar-refractivity contribution >= 4 is 58.1 Å². The van der Waals surface area contributed by atoms with E-state index in [9.17, 15) is 5.26 Å². The van der Waals surface area contributed by atoms with Gasteiger partial charge in [0.15, 0.2) is 0 Å². The maximum absolute atomic E-state index is 9.51. The summed E-state index contributed by atoms with van der Waals surface area (Å²) in [6.45, 7) is 0.371. The van der Waals surface area contributed by atoms with Crippen molar-refractivity contribution in [3.05, 3.63) is 97.4 Å². The minimum Gasteiger partial charge on any atom is -0.487 e. The average molecular weight is 449 g/mol. The Morgan fingerprint density at radius 1 is 0.857 bits per heavy atom. The van der Waals surface area contributed by atoms with Gasteiger partial charge in [0.05, 0.1) is 21.7 Å². The van der Waals surface area contributed by atoms with Crippen LogP contribution < -0.4 is 4.74 Å². The SMILES string of the molecule is N#C/C(=C\c1ccc(OCc2ccc(Cl)cc2)c(Cl)c1)c1ccc(Cl)cc1Cl. The molecule has 3 rings (SSSR count). The van der Waals surface area contributed by atoms with E-state index in [1.165, 1.54) is 0 Å². The van der Waals surface area contributed by atoms with Gasteiger partial charge in [-0.25, -0.2) is 0 Å². The first kappa shape index (κ1) is 20.6. The zero-order valence-corrected chi connectivity index (χ0v) is 17.4. The molecule has 0 N–H and O–H groups in total. The van der Waals surface area contributed by atoms with Crippen LogP contribution in [0.1, 0.15) is 16.7 Å². The lowest BCUT2D eigenvalue weighted by atomic mass is 10.0. The van der Waals surface area contributed by atoms with Crippen LogP contribution in [0.25, 0.3) is 11.6 Å². The van der Waals surface area contributed by atoms with E-state index in [4.69, 9.17) is 51.1 Å². The molecule has 0 amide bonds. The van der Waals surface area contributed by atoms with Crippen molar-refractivity contribution in [2.75, 3.05) is 0 Å². The molecule has 0 unspecified atom stereocenters. The summed E-state index contributed by atoms with van der Waals surface area (Å²) in [4.78, 5) is 0. The second-order valence-electron chi connectivity index (χ2n) is 5.90. The molecular weight excluding hydrogens is 436 g/mol. The second-order valence-corrected chi connectivity index (χ2v) is 7.59. The fraction of sp³-hybridized carbons (Fsp3) is 0.0455. The van der Waals surface area contributed by atoms with Gasteiger partial charge in [0.1, 0.15) is 12.4 Å². The summed E-state index contributed by atoms with van der Waals surface area (Å²) < 4.78 is 5.77. The van der Waals surface area contributed by atoms with Gasteiger partial charge in [-0.05, 0) is 53.6 Å². The molecule has 0 heterocycles. The van der Waals surface area contributed by atoms with Crippen LogP contribution >= 0.6 is 46.4 Å². The molecule has 0 aliphatic carbocycles. The first-order valence-electron chi connectivity index (χ1n) is 8.20. The predicted octanol–water partition coefficient (Wildman–Crippen LogP) is 7.94. The highest BCUT2D eigenvalue weighted by Crippen LogP contribution is 2.31. The molecule has 2 nitrogen and oxygen atoms in total. The predicted molar refractivity (Wildman–Crippen MR) is 117 cm³/mol. The lowest BCUT2D eigenvalue weighted by Crippen LogP contribution is -1.96. The summed E-state index contributed by atoms with van der Waals surface area (Å²) in [5.41, 5.74) is 2.75. The summed E-state index contributed by atoms with van der Waals surface area (Å²) in [6.07, 6.45) is 1.71. The highest BCUT2D eigenvalue weighted by Gasteiger charge is 2.09. The molecule has 0 aromatic heterocycles. The van der Waals surface area contributed by atoms with Gasteiger partial charge in [-0.2, -0.15) is 5.26 Å². The molecule has 140 valence electrons. The number of nitrogens with zero attached hydrogens (tertiary/aromatic N) is 1. The largest absolute Gasteiger partial charge is 0.487 e. The first-order chi connectivity index (χ1) is 13.5. The van der Waals surface area contributed by atoms with Gasteiger partial charge in [-0.1, -0.05) is 70.7 Å². The lowest BCUT2D eigenvalue weighted by molar-refractivity contribution is 0.306. The van der Waals surface area contributed by atoms with Gasteiger partial charge in [-0.3, -0.25) is 0 Å². The quantitative estimate of drug-likeness (QED) is 0.293. The Morgan fingerprint density at radius 3 is 2.21 bits per heavy atom. The maximum Gasteiger partial charge on any atom is 0.138 e. The molecule has 0 aliphatic heterocycles. The van der Waals surface area contributed by atoms with Gasteiger partial charge in [0.2, 0.25) is 0 Å². The van der Waals surface area contributed by atoms with E-state index < -0.39 is 0 Å². The Morgan fingerprint density at radius 2 is 1.57 bits per heavy atom. The van der Waals surface area contributed by atoms with E-state index in [1.807, 2.05) is 18.2 Å². The van der Waals surface area contributed by atoms with Crippen LogP contribution in [0.5, 0.6) is 5.75 Å². The van der Waals surface area contributed by atoms with Gasteiger partial charge in [0, 0.05) is 15.6 Å². The standard InChI is InChI=1S/C22H13Cl4NO/c23-17-4-1-14(2-5-17)13-28-22-8-3-15(10-21(22)26)9-16(12-27)19-7-6-18(24)11-20(19)25/h1-11H,13H2/b16-9+. The van der Waals surface area contributed by atoms with Gasteiger partial charge in [-0.15, -0.1) is 0 Å². The topological polar surface area (TPSA) is 33.0 Å². The summed E-state index contributed by atoms with van der Waals surface area (Å²) in [5, 5.41) is 11.6. The molecule has 3 aromatic rings. The average Bonchev–Trinajstić information content (AvgIpc) is 2.67. The van der Waals surface area contributed by atoms with E-state index in [0.717, 1.165) is 11.1 Å². The van der Waals surface area contributed by atoms with Crippen LogP contribution in [0.15, 0.2) is 60.7 Å². The molecule has 0 aliphatic rings. The van der Waals surface area contributed by atoms with Gasteiger partial charge in [0.25, 0.3) is 0 Å². The van der Waals surface area contributed by atoms with Crippen LogP contribution in [0.4, 0.5) is 0 Å². The summed E-state index contributed by atoms with van der Waals surface area (Å²) in [7, 11) is 0. The Labute approximate surface area is 183 Å². The van der Waals surface area contributed by atoms with Crippen molar-refractivity contribution in [1.29, 1.82) is 5.26 Å². The Bertz CT molecular complexity index is 1070. The third kappa shape index (κ3) is 5.22. The summed E-state index contributed by atoms with van der Waals surface area (Å²) >= 11 is 24.3. The Balaban J connectivity index is 1.79. The van der Waals surface area contributed by atoms with E-state index >= 15 is 0 Å². The normalized spacial score (nSPS) is 11.2. The number of halogens is 4. The lowest BCUT2D eigenvalue weighted by Gasteiger charge is -2.09. The molecule has 0 atom stereocenters. The van der Waals surface area contributed by atoms with E-state index in [2.05, 4.69) is 6.07 Å². The van der Waals surface area contributed by atoms with E-state index in [1.54, 1.807) is 48.5 Å². The van der Waals surface area contributed by atoms with Crippen molar-refractivity contribution in [3.8, 4) is 11.8 Å². The minimum absolute atomic E-state index is 0.371. The fourth-order valence-corrected chi connectivity index (χ4v) is 3.39. The van der Waals surface area contributed by atoms with Crippen molar-refractivity contribution < 1.29 is 4.74 Å². The number of allylic oxidation sites excluding steroid dienone is 1. The molecule has 0 fully saturated rings. The molecule has 0 saturated carbocycles. The monoisotopic (exact) mass is 447 g/mol. The van der Waals surface area contributed by atoms with Crippen molar-refractivity contribution in [1.82, 2.24) is 0 Å². The maximum atomic E-state index is 9.51. The number of ether oxygens (including phenoxy) is 1. The highest BCUT2D eigenvalue weighted by atomic mass is 35.5. The minimum atomic E-state index is 0.371. The van der Waals surface area contributed by atoms with Crippen LogP contribution in [-0.4, -0.2) is 0 Å². The summed E-state index contributed by atoms with van der Waals surface area (Å²) in [6, 6.07) is 19.9. The van der Waals surface area contributed by atoms with Gasteiger partial charge >= 0.3 is 0 Å². The smallest absolute Gasteiger partial charge is 0.138 e. The van der Waals surface area contributed by atoms with Crippen LogP contribution in [-0.2, 0) is 6.61 Å². The van der Waals surface area contributed by atoms with Crippen LogP contribution in [0.2, 0.25) is 20.1 Å². The second kappa shape index (κ2) is 9.37. The molecule has 0 spiro atoms. The molecule has 0 radical (unpaired) electrons. The van der Waals surface area contributed by atoms with Crippen LogP contribution in [0, 0.1) is 11.3 Å². The van der Waals surface area contributed by atoms with Crippen LogP contribution in [0.3, 0.4) is 0 Å². The Kier molecular flexibility index (Phi) is 6.88. The zero-order chi connectivity index (χ0) is 20.1. The fourth-order valence-electron chi connectivity index (χ4n) is 2.51. The highest BCUT2D eigenvalue weighted by molar-refractivity contribution is 6.36. The van der Waals surface area contributed by atoms with E-state index in [0.29, 0.717) is 43.6 Å². The van der Waals surface area contributed by atoms with Crippen molar-refractivity contribution in [2.45, 2.75) is 6.61 Å². The Hall–Kier alpha value is -2.15. The molecular formula is C22H13Cl4NO. The third-order valence-electron chi connectivity index (χ3n) is 3.92. The number of hydrogen-bond donors (Lipinski definition) is 0. The van der Waals surface area contributed by atoms with Gasteiger partial charge < -0.3 is 4.74 Å². The number of benzene rings is 3. The number of nitriles is 1. The van der Waals surface area contributed by atoms with E-state index in [-0.39, 0.29) is 0 Å². The van der Waals surface area contributed by atoms with Crippen molar-refractivity contribution in [3.63, 3.8) is 0 Å². The summed E-state index contributed by atoms with van der Waals surface area (Å²) in [5.74, 6) is 0.553. The zero-order valence-electron chi connectivity index (χ0n) is 14.4. The molecule has 0 saturated heterocycles. The van der Waals surface area contributed by atoms with Crippen molar-refractivity contribution in [2.24, 2.45) is 0 Å². The molecule has 0 bridgehead atoms. The molecule has 6 heteroatoms. The number of hydrogen-bond acceptors (Lipinski definition) is 2. The molecule has 3 aromatic carbocycles. The molecule has 28 heavy (non-hydrogen) atoms. The third-order valence-corrected chi connectivity index (χ3v) is 5.01. The first-order valence-corrected chi connectivity index (χ1v) is 9.71. The number of rotatable bonds is 5.